The molecule has 1 aromatic carbocycles. The van der Waals surface area contributed by atoms with Crippen LogP contribution in [0.2, 0.25) is 0 Å². The lowest BCUT2D eigenvalue weighted by Gasteiger charge is -2.06. The maximum Gasteiger partial charge on any atom is 0.160 e. The second-order valence-corrected chi connectivity index (χ2v) is 4.56. The molecule has 0 radical (unpaired) electrons. The van der Waals surface area contributed by atoms with Gasteiger partial charge in [0.25, 0.3) is 0 Å². The number of aromatic nitrogens is 3. The van der Waals surface area contributed by atoms with Crippen LogP contribution in [-0.2, 0) is 6.54 Å². The van der Waals surface area contributed by atoms with Crippen molar-refractivity contribution in [1.82, 2.24) is 14.5 Å². The van der Waals surface area contributed by atoms with Crippen LogP contribution in [0.3, 0.4) is 0 Å². The summed E-state index contributed by atoms with van der Waals surface area (Å²) in [7, 11) is 0. The summed E-state index contributed by atoms with van der Waals surface area (Å²) in [6.07, 6.45) is 2.72. The number of benzene rings is 1. The average Bonchev–Trinajstić information content (AvgIpc) is 2.78. The minimum atomic E-state index is 0.647. The van der Waals surface area contributed by atoms with Gasteiger partial charge in [0.05, 0.1) is 11.9 Å². The molecule has 0 bridgehead atoms. The van der Waals surface area contributed by atoms with Crippen LogP contribution in [-0.4, -0.2) is 14.5 Å². The van der Waals surface area contributed by atoms with Gasteiger partial charge in [0, 0.05) is 12.1 Å². The molecule has 0 atom stereocenters. The van der Waals surface area contributed by atoms with E-state index in [4.69, 9.17) is 5.73 Å². The third kappa shape index (κ3) is 2.05. The van der Waals surface area contributed by atoms with E-state index in [1.807, 2.05) is 24.3 Å². The molecule has 3 aromatic rings. The minimum Gasteiger partial charge on any atom is -0.397 e. The van der Waals surface area contributed by atoms with Gasteiger partial charge in [0.1, 0.15) is 11.3 Å². The van der Waals surface area contributed by atoms with E-state index in [0.29, 0.717) is 5.69 Å². The Hall–Kier alpha value is -2.36. The SMILES string of the molecule is CCCn1c(-c2ccccc2)nc2cc(N)cnc21. The lowest BCUT2D eigenvalue weighted by atomic mass is 10.2. The Labute approximate surface area is 111 Å². The van der Waals surface area contributed by atoms with Crippen molar-refractivity contribution in [3.63, 3.8) is 0 Å². The molecule has 4 heteroatoms. The third-order valence-corrected chi connectivity index (χ3v) is 3.09. The summed E-state index contributed by atoms with van der Waals surface area (Å²) in [6.45, 7) is 3.05. The van der Waals surface area contributed by atoms with Crippen LogP contribution in [0.5, 0.6) is 0 Å². The quantitative estimate of drug-likeness (QED) is 0.779. The summed E-state index contributed by atoms with van der Waals surface area (Å²) in [5.74, 6) is 0.954. The van der Waals surface area contributed by atoms with Crippen molar-refractivity contribution in [3.8, 4) is 11.4 Å². The van der Waals surface area contributed by atoms with Crippen molar-refractivity contribution in [2.45, 2.75) is 19.9 Å². The molecular weight excluding hydrogens is 236 g/mol. The predicted molar refractivity (Wildman–Crippen MR) is 77.7 cm³/mol. The molecule has 2 heterocycles. The van der Waals surface area contributed by atoms with Crippen molar-refractivity contribution >= 4 is 16.9 Å². The van der Waals surface area contributed by atoms with Gasteiger partial charge in [0.15, 0.2) is 5.65 Å². The van der Waals surface area contributed by atoms with E-state index in [0.717, 1.165) is 35.5 Å². The Morgan fingerprint density at radius 2 is 2.00 bits per heavy atom. The van der Waals surface area contributed by atoms with Crippen molar-refractivity contribution in [3.05, 3.63) is 42.6 Å². The molecule has 0 saturated carbocycles. The fourth-order valence-electron chi connectivity index (χ4n) is 2.27. The Kier molecular flexibility index (Phi) is 2.91. The molecule has 2 aromatic heterocycles. The van der Waals surface area contributed by atoms with Gasteiger partial charge in [-0.15, -0.1) is 0 Å². The minimum absolute atomic E-state index is 0.647. The van der Waals surface area contributed by atoms with Gasteiger partial charge in [-0.1, -0.05) is 37.3 Å². The highest BCUT2D eigenvalue weighted by molar-refractivity contribution is 5.79. The summed E-state index contributed by atoms with van der Waals surface area (Å²) in [4.78, 5) is 9.10. The van der Waals surface area contributed by atoms with Crippen molar-refractivity contribution in [1.29, 1.82) is 0 Å². The number of pyridine rings is 1. The van der Waals surface area contributed by atoms with Crippen LogP contribution >= 0.6 is 0 Å². The maximum absolute atomic E-state index is 5.78. The zero-order valence-corrected chi connectivity index (χ0v) is 10.9. The van der Waals surface area contributed by atoms with Gasteiger partial charge in [-0.25, -0.2) is 9.97 Å². The predicted octanol–water partition coefficient (Wildman–Crippen LogP) is 3.09. The molecule has 96 valence electrons. The van der Waals surface area contributed by atoms with E-state index >= 15 is 0 Å². The Balaban J connectivity index is 2.26. The Bertz CT molecular complexity index is 701. The summed E-state index contributed by atoms with van der Waals surface area (Å²) in [6, 6.07) is 12.1. The van der Waals surface area contributed by atoms with E-state index in [1.54, 1.807) is 6.20 Å². The summed E-state index contributed by atoms with van der Waals surface area (Å²) >= 11 is 0. The fourth-order valence-corrected chi connectivity index (χ4v) is 2.27. The largest absolute Gasteiger partial charge is 0.397 e. The first kappa shape index (κ1) is 11.7. The molecule has 0 unspecified atom stereocenters. The number of fused-ring (bicyclic) bond motifs is 1. The number of nitrogens with zero attached hydrogens (tertiary/aromatic N) is 3. The van der Waals surface area contributed by atoms with Crippen molar-refractivity contribution < 1.29 is 0 Å². The van der Waals surface area contributed by atoms with Gasteiger partial charge >= 0.3 is 0 Å². The number of nitrogens with two attached hydrogens (primary N) is 1. The molecule has 0 amide bonds. The number of imidazole rings is 1. The molecule has 0 aliphatic rings. The normalized spacial score (nSPS) is 11.0. The van der Waals surface area contributed by atoms with Gasteiger partial charge < -0.3 is 10.3 Å². The van der Waals surface area contributed by atoms with E-state index in [-0.39, 0.29) is 0 Å². The van der Waals surface area contributed by atoms with Gasteiger partial charge in [0.2, 0.25) is 0 Å². The average molecular weight is 252 g/mol. The van der Waals surface area contributed by atoms with Gasteiger partial charge in [-0.2, -0.15) is 0 Å². The molecule has 2 N–H and O–H groups in total. The van der Waals surface area contributed by atoms with E-state index < -0.39 is 0 Å². The molecule has 0 saturated heterocycles. The van der Waals surface area contributed by atoms with Crippen molar-refractivity contribution in [2.75, 3.05) is 5.73 Å². The van der Waals surface area contributed by atoms with E-state index in [2.05, 4.69) is 33.6 Å². The summed E-state index contributed by atoms with van der Waals surface area (Å²) in [5.41, 5.74) is 9.29. The van der Waals surface area contributed by atoms with E-state index in [9.17, 15) is 0 Å². The monoisotopic (exact) mass is 252 g/mol. The van der Waals surface area contributed by atoms with Crippen LogP contribution in [0.4, 0.5) is 5.69 Å². The fraction of sp³-hybridized carbons (Fsp3) is 0.200. The first-order chi connectivity index (χ1) is 9.29. The van der Waals surface area contributed by atoms with Crippen LogP contribution in [0.1, 0.15) is 13.3 Å². The molecule has 19 heavy (non-hydrogen) atoms. The van der Waals surface area contributed by atoms with E-state index in [1.165, 1.54) is 0 Å². The number of nitrogen functional groups attached to an aromatic ring is 1. The molecule has 0 aliphatic carbocycles. The molecule has 0 spiro atoms. The lowest BCUT2D eigenvalue weighted by molar-refractivity contribution is 0.698. The highest BCUT2D eigenvalue weighted by Crippen LogP contribution is 2.24. The zero-order chi connectivity index (χ0) is 13.2. The van der Waals surface area contributed by atoms with Crippen LogP contribution in [0, 0.1) is 0 Å². The number of anilines is 1. The van der Waals surface area contributed by atoms with Crippen LogP contribution in [0.25, 0.3) is 22.6 Å². The first-order valence-corrected chi connectivity index (χ1v) is 6.46. The number of rotatable bonds is 3. The van der Waals surface area contributed by atoms with Crippen LogP contribution < -0.4 is 5.73 Å². The highest BCUT2D eigenvalue weighted by atomic mass is 15.1. The molecule has 0 aliphatic heterocycles. The standard InChI is InChI=1S/C15H16N4/c1-2-8-19-14(11-6-4-3-5-7-11)18-13-9-12(16)10-17-15(13)19/h3-7,9-10H,2,8,16H2,1H3. The smallest absolute Gasteiger partial charge is 0.160 e. The molecule has 0 fully saturated rings. The topological polar surface area (TPSA) is 56.7 Å². The van der Waals surface area contributed by atoms with Gasteiger partial charge in [-0.05, 0) is 12.5 Å². The molecule has 4 nitrogen and oxygen atoms in total. The number of hydrogen-bond donors (Lipinski definition) is 1. The Morgan fingerprint density at radius 3 is 2.74 bits per heavy atom. The highest BCUT2D eigenvalue weighted by Gasteiger charge is 2.12. The summed E-state index contributed by atoms with van der Waals surface area (Å²) in [5, 5.41) is 0. The Morgan fingerprint density at radius 1 is 1.21 bits per heavy atom. The van der Waals surface area contributed by atoms with Crippen LogP contribution in [0.15, 0.2) is 42.6 Å². The second kappa shape index (κ2) is 4.72. The van der Waals surface area contributed by atoms with Gasteiger partial charge in [-0.3, -0.25) is 0 Å². The number of aryl methyl sites for hydroxylation is 1. The second-order valence-electron chi connectivity index (χ2n) is 4.56. The maximum atomic E-state index is 5.78. The lowest BCUT2D eigenvalue weighted by Crippen LogP contribution is -2.00. The summed E-state index contributed by atoms with van der Waals surface area (Å²) < 4.78 is 2.16. The number of hydrogen-bond acceptors (Lipinski definition) is 3. The third-order valence-electron chi connectivity index (χ3n) is 3.09. The van der Waals surface area contributed by atoms with Crippen molar-refractivity contribution in [2.24, 2.45) is 0 Å². The first-order valence-electron chi connectivity index (χ1n) is 6.46. The molecular formula is C15H16N4. The zero-order valence-electron chi connectivity index (χ0n) is 10.9. The molecule has 3 rings (SSSR count).